The number of aryl methyl sites for hydroxylation is 1. The molecule has 1 aliphatic rings. The van der Waals surface area contributed by atoms with Crippen molar-refractivity contribution < 1.29 is 9.59 Å². The molecule has 0 radical (unpaired) electrons. The van der Waals surface area contributed by atoms with Crippen molar-refractivity contribution in [2.75, 3.05) is 4.90 Å². The number of fused-ring (bicyclic) bond motifs is 1. The average molecular weight is 351 g/mol. The molecular weight excluding hydrogens is 342 g/mol. The minimum atomic E-state index is -0.344. The first-order valence-electron chi connectivity index (χ1n) is 5.93. The van der Waals surface area contributed by atoms with Gasteiger partial charge in [0.25, 0.3) is 11.8 Å². The second kappa shape index (κ2) is 4.72. The number of nitrogens with zero attached hydrogens (tertiary/aromatic N) is 1. The number of anilines is 1. The number of hydrogen-bond donors (Lipinski definition) is 0. The molecule has 100 valence electrons. The molecular formula is C15H9BrClNO2. The van der Waals surface area contributed by atoms with Crippen LogP contribution in [0.5, 0.6) is 0 Å². The fraction of sp³-hybridized carbons (Fsp3) is 0.0667. The maximum atomic E-state index is 12.4. The molecule has 20 heavy (non-hydrogen) atoms. The van der Waals surface area contributed by atoms with Gasteiger partial charge in [0.2, 0.25) is 0 Å². The fourth-order valence-electron chi connectivity index (χ4n) is 2.17. The average Bonchev–Trinajstić information content (AvgIpc) is 2.65. The lowest BCUT2D eigenvalue weighted by Crippen LogP contribution is -2.29. The molecule has 0 saturated heterocycles. The minimum absolute atomic E-state index is 0.322. The Bertz CT molecular complexity index is 758. The third-order valence-electron chi connectivity index (χ3n) is 3.26. The standard InChI is InChI=1S/C15H9BrClNO2/c1-8-2-4-10(7-13(8)16)18-14(19)11-5-3-9(17)6-12(11)15(18)20/h2-7H,1H3. The van der Waals surface area contributed by atoms with E-state index in [1.54, 1.807) is 24.3 Å². The van der Waals surface area contributed by atoms with Crippen LogP contribution in [0.25, 0.3) is 0 Å². The first-order valence-corrected chi connectivity index (χ1v) is 7.10. The summed E-state index contributed by atoms with van der Waals surface area (Å²) >= 11 is 9.30. The first kappa shape index (κ1) is 13.3. The van der Waals surface area contributed by atoms with Gasteiger partial charge in [0.15, 0.2) is 0 Å². The third kappa shape index (κ3) is 1.96. The predicted octanol–water partition coefficient (Wildman–Crippen LogP) is 4.21. The van der Waals surface area contributed by atoms with Crippen molar-refractivity contribution in [3.05, 3.63) is 62.6 Å². The molecule has 3 nitrogen and oxygen atoms in total. The summed E-state index contributed by atoms with van der Waals surface area (Å²) in [6.07, 6.45) is 0. The van der Waals surface area contributed by atoms with E-state index in [0.717, 1.165) is 10.0 Å². The topological polar surface area (TPSA) is 37.4 Å². The highest BCUT2D eigenvalue weighted by Gasteiger charge is 2.36. The summed E-state index contributed by atoms with van der Waals surface area (Å²) in [5.74, 6) is -0.666. The van der Waals surface area contributed by atoms with Gasteiger partial charge in [-0.2, -0.15) is 0 Å². The van der Waals surface area contributed by atoms with Gasteiger partial charge >= 0.3 is 0 Å². The molecule has 0 aliphatic carbocycles. The lowest BCUT2D eigenvalue weighted by atomic mass is 10.1. The van der Waals surface area contributed by atoms with Gasteiger partial charge < -0.3 is 0 Å². The van der Waals surface area contributed by atoms with Crippen LogP contribution in [0.3, 0.4) is 0 Å². The van der Waals surface area contributed by atoms with Crippen LogP contribution in [0.15, 0.2) is 40.9 Å². The smallest absolute Gasteiger partial charge is 0.266 e. The highest BCUT2D eigenvalue weighted by atomic mass is 79.9. The molecule has 0 fully saturated rings. The molecule has 0 bridgehead atoms. The van der Waals surface area contributed by atoms with Crippen molar-refractivity contribution in [2.24, 2.45) is 0 Å². The first-order chi connectivity index (χ1) is 9.49. The van der Waals surface area contributed by atoms with Crippen molar-refractivity contribution >= 4 is 45.0 Å². The number of imide groups is 1. The van der Waals surface area contributed by atoms with E-state index < -0.39 is 0 Å². The number of hydrogen-bond acceptors (Lipinski definition) is 2. The van der Waals surface area contributed by atoms with E-state index in [1.807, 2.05) is 13.0 Å². The summed E-state index contributed by atoms with van der Waals surface area (Å²) in [6, 6.07) is 10.1. The summed E-state index contributed by atoms with van der Waals surface area (Å²) in [6.45, 7) is 1.94. The van der Waals surface area contributed by atoms with Gasteiger partial charge in [-0.3, -0.25) is 9.59 Å². The van der Waals surface area contributed by atoms with Gasteiger partial charge in [-0.05, 0) is 42.8 Å². The summed E-state index contributed by atoms with van der Waals surface area (Å²) in [5.41, 5.74) is 2.31. The zero-order chi connectivity index (χ0) is 14.4. The van der Waals surface area contributed by atoms with E-state index >= 15 is 0 Å². The second-order valence-corrected chi connectivity index (χ2v) is 5.86. The molecule has 1 heterocycles. The molecule has 0 spiro atoms. The molecule has 0 N–H and O–H groups in total. The van der Waals surface area contributed by atoms with Crippen LogP contribution in [-0.4, -0.2) is 11.8 Å². The highest BCUT2D eigenvalue weighted by Crippen LogP contribution is 2.32. The summed E-state index contributed by atoms with van der Waals surface area (Å²) in [5, 5.41) is 0.442. The van der Waals surface area contributed by atoms with Crippen LogP contribution in [0.2, 0.25) is 5.02 Å². The molecule has 3 rings (SSSR count). The van der Waals surface area contributed by atoms with Gasteiger partial charge in [-0.25, -0.2) is 4.90 Å². The Hall–Kier alpha value is -1.65. The third-order valence-corrected chi connectivity index (χ3v) is 4.35. The zero-order valence-electron chi connectivity index (χ0n) is 10.5. The SMILES string of the molecule is Cc1ccc(N2C(=O)c3ccc(Cl)cc3C2=O)cc1Br. The number of halogens is 2. The highest BCUT2D eigenvalue weighted by molar-refractivity contribution is 9.10. The van der Waals surface area contributed by atoms with Crippen LogP contribution >= 0.6 is 27.5 Å². The molecule has 2 aromatic carbocycles. The van der Waals surface area contributed by atoms with Crippen LogP contribution in [0.1, 0.15) is 26.3 Å². The Balaban J connectivity index is 2.11. The number of carbonyl (C=O) groups excluding carboxylic acids is 2. The quantitative estimate of drug-likeness (QED) is 0.722. The number of benzene rings is 2. The maximum Gasteiger partial charge on any atom is 0.266 e. The molecule has 0 atom stereocenters. The minimum Gasteiger partial charge on any atom is -0.268 e. The lowest BCUT2D eigenvalue weighted by Gasteiger charge is -2.14. The molecule has 0 saturated carbocycles. The molecule has 2 aromatic rings. The number of carbonyl (C=O) groups is 2. The van der Waals surface area contributed by atoms with Gasteiger partial charge in [-0.1, -0.05) is 33.6 Å². The largest absolute Gasteiger partial charge is 0.268 e. The van der Waals surface area contributed by atoms with Crippen molar-refractivity contribution in [1.82, 2.24) is 0 Å². The Morgan fingerprint density at radius 1 is 1.00 bits per heavy atom. The molecule has 1 aliphatic heterocycles. The number of rotatable bonds is 1. The summed E-state index contributed by atoms with van der Waals surface area (Å²) < 4.78 is 0.851. The number of amides is 2. The van der Waals surface area contributed by atoms with E-state index in [4.69, 9.17) is 11.6 Å². The fourth-order valence-corrected chi connectivity index (χ4v) is 2.71. The Kier molecular flexibility index (Phi) is 3.15. The van der Waals surface area contributed by atoms with Crippen molar-refractivity contribution in [2.45, 2.75) is 6.92 Å². The van der Waals surface area contributed by atoms with Gasteiger partial charge in [-0.15, -0.1) is 0 Å². The Labute approximate surface area is 129 Å². The van der Waals surface area contributed by atoms with Crippen LogP contribution in [-0.2, 0) is 0 Å². The van der Waals surface area contributed by atoms with E-state index in [2.05, 4.69) is 15.9 Å². The predicted molar refractivity (Wildman–Crippen MR) is 81.5 cm³/mol. The van der Waals surface area contributed by atoms with Crippen LogP contribution in [0, 0.1) is 6.92 Å². The zero-order valence-corrected chi connectivity index (χ0v) is 12.8. The molecule has 0 aromatic heterocycles. The van der Waals surface area contributed by atoms with Gasteiger partial charge in [0.1, 0.15) is 0 Å². The summed E-state index contributed by atoms with van der Waals surface area (Å²) in [7, 11) is 0. The molecule has 0 unspecified atom stereocenters. The maximum absolute atomic E-state index is 12.4. The van der Waals surface area contributed by atoms with Crippen molar-refractivity contribution in [3.63, 3.8) is 0 Å². The van der Waals surface area contributed by atoms with E-state index in [0.29, 0.717) is 21.8 Å². The lowest BCUT2D eigenvalue weighted by molar-refractivity contribution is 0.0926. The normalized spacial score (nSPS) is 13.8. The monoisotopic (exact) mass is 349 g/mol. The Morgan fingerprint density at radius 2 is 1.70 bits per heavy atom. The van der Waals surface area contributed by atoms with Crippen molar-refractivity contribution in [3.8, 4) is 0 Å². The van der Waals surface area contributed by atoms with E-state index in [9.17, 15) is 9.59 Å². The van der Waals surface area contributed by atoms with Gasteiger partial charge in [0.05, 0.1) is 16.8 Å². The van der Waals surface area contributed by atoms with Gasteiger partial charge in [0, 0.05) is 9.50 Å². The van der Waals surface area contributed by atoms with Crippen LogP contribution < -0.4 is 4.90 Å². The second-order valence-electron chi connectivity index (χ2n) is 4.57. The van der Waals surface area contributed by atoms with E-state index in [1.165, 1.54) is 11.0 Å². The summed E-state index contributed by atoms with van der Waals surface area (Å²) in [4.78, 5) is 25.9. The molecule has 2 amide bonds. The van der Waals surface area contributed by atoms with E-state index in [-0.39, 0.29) is 11.8 Å². The van der Waals surface area contributed by atoms with Crippen LogP contribution in [0.4, 0.5) is 5.69 Å². The molecule has 5 heteroatoms. The Morgan fingerprint density at radius 3 is 2.40 bits per heavy atom. The van der Waals surface area contributed by atoms with Crippen molar-refractivity contribution in [1.29, 1.82) is 0 Å².